The minimum Gasteiger partial charge on any atom is -0.495 e. The highest BCUT2D eigenvalue weighted by molar-refractivity contribution is 9.10. The number of carbonyl (C=O) groups is 1. The molecule has 4 heteroatoms. The Labute approximate surface area is 110 Å². The Balaban J connectivity index is 3.11. The van der Waals surface area contributed by atoms with E-state index in [0.29, 0.717) is 6.42 Å². The summed E-state index contributed by atoms with van der Waals surface area (Å²) in [5, 5.41) is 8.95. The van der Waals surface area contributed by atoms with E-state index in [4.69, 9.17) is 9.84 Å². The van der Waals surface area contributed by atoms with E-state index in [2.05, 4.69) is 22.9 Å². The summed E-state index contributed by atoms with van der Waals surface area (Å²) in [4.78, 5) is 10.9. The van der Waals surface area contributed by atoms with Crippen LogP contribution < -0.4 is 4.74 Å². The predicted molar refractivity (Wildman–Crippen MR) is 70.6 cm³/mol. The molecule has 0 aliphatic rings. The summed E-state index contributed by atoms with van der Waals surface area (Å²) in [6.07, 6.45) is 1.39. The monoisotopic (exact) mass is 300 g/mol. The van der Waals surface area contributed by atoms with Crippen LogP contribution in [0.25, 0.3) is 0 Å². The third kappa shape index (κ3) is 3.46. The van der Waals surface area contributed by atoms with E-state index in [1.165, 1.54) is 5.56 Å². The molecule has 0 aliphatic carbocycles. The third-order valence-corrected chi connectivity index (χ3v) is 3.33. The summed E-state index contributed by atoms with van der Waals surface area (Å²) < 4.78 is 6.20. The van der Waals surface area contributed by atoms with Crippen LogP contribution in [0.4, 0.5) is 0 Å². The van der Waals surface area contributed by atoms with Gasteiger partial charge in [0.15, 0.2) is 0 Å². The molecule has 1 unspecified atom stereocenters. The molecule has 0 bridgehead atoms. The first-order valence-corrected chi connectivity index (χ1v) is 6.37. The fraction of sp³-hybridized carbons (Fsp3) is 0.462. The second kappa shape index (κ2) is 6.05. The van der Waals surface area contributed by atoms with Crippen molar-refractivity contribution in [2.24, 2.45) is 5.92 Å². The number of ether oxygens (including phenoxy) is 1. The first kappa shape index (κ1) is 14.0. The zero-order chi connectivity index (χ0) is 13.0. The SMILES string of the molecule is CCc1cc(Br)c(OC)c(CC(C)C(=O)O)c1. The van der Waals surface area contributed by atoms with Crippen LogP contribution in [0.3, 0.4) is 0 Å². The first-order chi connectivity index (χ1) is 7.99. The van der Waals surface area contributed by atoms with Crippen LogP contribution in [0.2, 0.25) is 0 Å². The van der Waals surface area contributed by atoms with Gasteiger partial charge in [-0.05, 0) is 46.0 Å². The maximum absolute atomic E-state index is 10.9. The highest BCUT2D eigenvalue weighted by Gasteiger charge is 2.16. The minimum absolute atomic E-state index is 0.414. The number of halogens is 1. The maximum Gasteiger partial charge on any atom is 0.306 e. The van der Waals surface area contributed by atoms with E-state index in [0.717, 1.165) is 22.2 Å². The molecule has 0 fully saturated rings. The van der Waals surface area contributed by atoms with Crippen LogP contribution in [0.15, 0.2) is 16.6 Å². The van der Waals surface area contributed by atoms with E-state index in [9.17, 15) is 4.79 Å². The van der Waals surface area contributed by atoms with Crippen molar-refractivity contribution in [2.75, 3.05) is 7.11 Å². The quantitative estimate of drug-likeness (QED) is 0.908. The molecule has 17 heavy (non-hydrogen) atoms. The molecule has 0 aromatic heterocycles. The van der Waals surface area contributed by atoms with Crippen molar-refractivity contribution in [3.05, 3.63) is 27.7 Å². The predicted octanol–water partition coefficient (Wildman–Crippen LogP) is 3.28. The van der Waals surface area contributed by atoms with Gasteiger partial charge in [-0.15, -0.1) is 0 Å². The summed E-state index contributed by atoms with van der Waals surface area (Å²) in [5.74, 6) is -0.469. The average Bonchev–Trinajstić information content (AvgIpc) is 2.28. The number of rotatable bonds is 5. The molecule has 0 saturated heterocycles. The minimum atomic E-state index is -0.787. The normalized spacial score (nSPS) is 12.2. The summed E-state index contributed by atoms with van der Waals surface area (Å²) >= 11 is 3.45. The zero-order valence-corrected chi connectivity index (χ0v) is 11.9. The van der Waals surface area contributed by atoms with Crippen molar-refractivity contribution in [1.82, 2.24) is 0 Å². The van der Waals surface area contributed by atoms with Crippen molar-refractivity contribution in [1.29, 1.82) is 0 Å². The maximum atomic E-state index is 10.9. The van der Waals surface area contributed by atoms with Crippen molar-refractivity contribution in [2.45, 2.75) is 26.7 Å². The van der Waals surface area contributed by atoms with Crippen molar-refractivity contribution >= 4 is 21.9 Å². The van der Waals surface area contributed by atoms with Gasteiger partial charge in [-0.2, -0.15) is 0 Å². The molecule has 0 radical (unpaired) electrons. The fourth-order valence-electron chi connectivity index (χ4n) is 1.71. The second-order valence-corrected chi connectivity index (χ2v) is 4.92. The van der Waals surface area contributed by atoms with Gasteiger partial charge in [-0.25, -0.2) is 0 Å². The molecule has 0 spiro atoms. The molecule has 1 rings (SSSR count). The molecule has 1 N–H and O–H groups in total. The van der Waals surface area contributed by atoms with Gasteiger partial charge in [-0.1, -0.05) is 19.9 Å². The molecule has 1 atom stereocenters. The number of hydrogen-bond donors (Lipinski definition) is 1. The van der Waals surface area contributed by atoms with Gasteiger partial charge in [0.2, 0.25) is 0 Å². The molecule has 94 valence electrons. The molecule has 0 aliphatic heterocycles. The van der Waals surface area contributed by atoms with Gasteiger partial charge in [0.05, 0.1) is 17.5 Å². The number of methoxy groups -OCH3 is 1. The lowest BCUT2D eigenvalue weighted by atomic mass is 9.98. The van der Waals surface area contributed by atoms with Crippen LogP contribution in [0, 0.1) is 5.92 Å². The highest BCUT2D eigenvalue weighted by atomic mass is 79.9. The molecule has 0 saturated carbocycles. The zero-order valence-electron chi connectivity index (χ0n) is 10.3. The molecule has 0 heterocycles. The van der Waals surface area contributed by atoms with Gasteiger partial charge in [-0.3, -0.25) is 4.79 Å². The van der Waals surface area contributed by atoms with Crippen LogP contribution >= 0.6 is 15.9 Å². The number of carboxylic acids is 1. The van der Waals surface area contributed by atoms with E-state index >= 15 is 0 Å². The van der Waals surface area contributed by atoms with Gasteiger partial charge in [0.1, 0.15) is 5.75 Å². The topological polar surface area (TPSA) is 46.5 Å². The fourth-order valence-corrected chi connectivity index (χ4v) is 2.42. The largest absolute Gasteiger partial charge is 0.495 e. The number of aryl methyl sites for hydroxylation is 1. The molecule has 3 nitrogen and oxygen atoms in total. The Bertz CT molecular complexity index is 415. The molecule has 1 aromatic carbocycles. The Morgan fingerprint density at radius 2 is 2.18 bits per heavy atom. The number of aliphatic carboxylic acids is 1. The van der Waals surface area contributed by atoms with Crippen LogP contribution in [-0.4, -0.2) is 18.2 Å². The standard InChI is InChI=1S/C13H17BrO3/c1-4-9-6-10(5-8(2)13(15)16)12(17-3)11(14)7-9/h6-8H,4-5H2,1-3H3,(H,15,16). The second-order valence-electron chi connectivity index (χ2n) is 4.07. The van der Waals surface area contributed by atoms with Gasteiger partial charge in [0, 0.05) is 0 Å². The first-order valence-electron chi connectivity index (χ1n) is 5.57. The Morgan fingerprint density at radius 1 is 1.53 bits per heavy atom. The summed E-state index contributed by atoms with van der Waals surface area (Å²) in [6.45, 7) is 3.77. The lowest BCUT2D eigenvalue weighted by Crippen LogP contribution is -2.13. The highest BCUT2D eigenvalue weighted by Crippen LogP contribution is 2.32. The average molecular weight is 301 g/mol. The Kier molecular flexibility index (Phi) is 5.00. The summed E-state index contributed by atoms with van der Waals surface area (Å²) in [5.41, 5.74) is 2.11. The van der Waals surface area contributed by atoms with Crippen LogP contribution in [0.1, 0.15) is 25.0 Å². The van der Waals surface area contributed by atoms with Crippen molar-refractivity contribution < 1.29 is 14.6 Å². The Morgan fingerprint density at radius 3 is 2.65 bits per heavy atom. The van der Waals surface area contributed by atoms with Gasteiger partial charge in [0.25, 0.3) is 0 Å². The van der Waals surface area contributed by atoms with E-state index in [1.54, 1.807) is 14.0 Å². The number of hydrogen-bond acceptors (Lipinski definition) is 2. The van der Waals surface area contributed by atoms with Gasteiger partial charge < -0.3 is 9.84 Å². The van der Waals surface area contributed by atoms with Crippen LogP contribution in [0.5, 0.6) is 5.75 Å². The van der Waals surface area contributed by atoms with Gasteiger partial charge >= 0.3 is 5.97 Å². The van der Waals surface area contributed by atoms with Crippen LogP contribution in [-0.2, 0) is 17.6 Å². The third-order valence-electron chi connectivity index (χ3n) is 2.74. The molecule has 0 amide bonds. The lowest BCUT2D eigenvalue weighted by Gasteiger charge is -2.14. The summed E-state index contributed by atoms with van der Waals surface area (Å²) in [6, 6.07) is 4.02. The van der Waals surface area contributed by atoms with Crippen molar-refractivity contribution in [3.8, 4) is 5.75 Å². The Hall–Kier alpha value is -1.03. The van der Waals surface area contributed by atoms with E-state index in [1.807, 2.05) is 12.1 Å². The molecular weight excluding hydrogens is 284 g/mol. The lowest BCUT2D eigenvalue weighted by molar-refractivity contribution is -0.141. The van der Waals surface area contributed by atoms with E-state index in [-0.39, 0.29) is 0 Å². The molecule has 1 aromatic rings. The summed E-state index contributed by atoms with van der Waals surface area (Å²) in [7, 11) is 1.60. The van der Waals surface area contributed by atoms with Crippen molar-refractivity contribution in [3.63, 3.8) is 0 Å². The number of carboxylic acid groups (broad SMARTS) is 1. The molecular formula is C13H17BrO3. The number of benzene rings is 1. The smallest absolute Gasteiger partial charge is 0.306 e. The van der Waals surface area contributed by atoms with E-state index < -0.39 is 11.9 Å².